The second-order valence-electron chi connectivity index (χ2n) is 9.79. The maximum atomic E-state index is 12.9. The van der Waals surface area contributed by atoms with Crippen LogP contribution in [-0.2, 0) is 10.3 Å². The third-order valence-corrected chi connectivity index (χ3v) is 7.79. The number of nitrogens with zero attached hydrogens (tertiary/aromatic N) is 4. The van der Waals surface area contributed by atoms with Crippen LogP contribution in [0.2, 0.25) is 0 Å². The highest BCUT2D eigenvalue weighted by atomic mass is 16.5. The number of nitrogens with one attached hydrogen (secondary N) is 1. The molecule has 0 bridgehead atoms. The highest BCUT2D eigenvalue weighted by Crippen LogP contribution is 2.47. The third kappa shape index (κ3) is 3.88. The summed E-state index contributed by atoms with van der Waals surface area (Å²) < 4.78 is 5.64. The summed E-state index contributed by atoms with van der Waals surface area (Å²) in [5.41, 5.74) is 1.94. The van der Waals surface area contributed by atoms with E-state index in [1.807, 2.05) is 6.92 Å². The lowest BCUT2D eigenvalue weighted by molar-refractivity contribution is 0.0323. The molecule has 7 heteroatoms. The lowest BCUT2D eigenvalue weighted by atomic mass is 9.68. The molecule has 1 saturated carbocycles. The van der Waals surface area contributed by atoms with Crippen LogP contribution >= 0.6 is 0 Å². The molecular weight excluding hydrogens is 402 g/mol. The van der Waals surface area contributed by atoms with Crippen molar-refractivity contribution < 1.29 is 9.53 Å². The molecular formula is C25H33N5O2. The van der Waals surface area contributed by atoms with Crippen LogP contribution in [0, 0.1) is 12.8 Å². The van der Waals surface area contributed by atoms with Gasteiger partial charge in [0.15, 0.2) is 0 Å². The standard InChI is InChI=1S/C25H33N5O2/c1-19-26-14-22(15-27-19)30-18-24(28-23(30)31)9-11-25(12-10-24,21-6-4-3-5-7-21)29(2)16-20-8-13-32-17-20/h3-7,14-15,20H,8-13,16-18H2,1-2H3,(H,28,31)/t20?,24-,25+. The Bertz CT molecular complexity index is 935. The van der Waals surface area contributed by atoms with E-state index in [0.29, 0.717) is 18.3 Å². The van der Waals surface area contributed by atoms with Crippen LogP contribution in [0.25, 0.3) is 0 Å². The molecule has 1 spiro atoms. The predicted octanol–water partition coefficient (Wildman–Crippen LogP) is 3.49. The van der Waals surface area contributed by atoms with Gasteiger partial charge in [-0.15, -0.1) is 0 Å². The maximum Gasteiger partial charge on any atom is 0.322 e. The number of carbonyl (C=O) groups is 1. The molecule has 2 amide bonds. The normalized spacial score (nSPS) is 30.3. The number of anilines is 1. The molecule has 3 aliphatic rings. The van der Waals surface area contributed by atoms with Gasteiger partial charge in [0, 0.05) is 18.7 Å². The first-order valence-electron chi connectivity index (χ1n) is 11.7. The Morgan fingerprint density at radius 1 is 1.16 bits per heavy atom. The van der Waals surface area contributed by atoms with E-state index >= 15 is 0 Å². The zero-order valence-electron chi connectivity index (χ0n) is 19.1. The summed E-state index contributed by atoms with van der Waals surface area (Å²) in [6.07, 6.45) is 8.55. The van der Waals surface area contributed by atoms with E-state index in [-0.39, 0.29) is 17.1 Å². The summed E-state index contributed by atoms with van der Waals surface area (Å²) in [5.74, 6) is 1.31. The number of amides is 2. The molecule has 1 unspecified atom stereocenters. The number of hydrogen-bond donors (Lipinski definition) is 1. The third-order valence-electron chi connectivity index (χ3n) is 7.79. The van der Waals surface area contributed by atoms with Gasteiger partial charge < -0.3 is 10.1 Å². The van der Waals surface area contributed by atoms with Gasteiger partial charge in [0.05, 0.1) is 36.8 Å². The first-order chi connectivity index (χ1) is 15.5. The topological polar surface area (TPSA) is 70.6 Å². The van der Waals surface area contributed by atoms with Gasteiger partial charge in [0.2, 0.25) is 0 Å². The molecule has 2 aromatic rings. The number of aromatic nitrogens is 2. The SMILES string of the molecule is Cc1ncc(N2C[C@]3(CC[C@](c4ccccc4)(N(C)CC4CCOC4)CC3)NC2=O)cn1. The summed E-state index contributed by atoms with van der Waals surface area (Å²) in [6, 6.07) is 10.9. The first kappa shape index (κ1) is 21.3. The smallest absolute Gasteiger partial charge is 0.322 e. The molecule has 170 valence electrons. The minimum Gasteiger partial charge on any atom is -0.381 e. The van der Waals surface area contributed by atoms with E-state index in [0.717, 1.165) is 57.6 Å². The molecule has 3 fully saturated rings. The van der Waals surface area contributed by atoms with Crippen molar-refractivity contribution >= 4 is 11.7 Å². The summed E-state index contributed by atoms with van der Waals surface area (Å²) in [7, 11) is 2.27. The van der Waals surface area contributed by atoms with Gasteiger partial charge in [-0.3, -0.25) is 9.80 Å². The predicted molar refractivity (Wildman–Crippen MR) is 124 cm³/mol. The molecule has 1 aliphatic carbocycles. The molecule has 7 nitrogen and oxygen atoms in total. The Hall–Kier alpha value is -2.51. The van der Waals surface area contributed by atoms with Crippen LogP contribution in [0.15, 0.2) is 42.7 Å². The van der Waals surface area contributed by atoms with Gasteiger partial charge >= 0.3 is 6.03 Å². The molecule has 1 aromatic heterocycles. The zero-order valence-corrected chi connectivity index (χ0v) is 19.1. The molecule has 3 heterocycles. The Morgan fingerprint density at radius 2 is 1.88 bits per heavy atom. The van der Waals surface area contributed by atoms with Crippen LogP contribution in [0.5, 0.6) is 0 Å². The van der Waals surface area contributed by atoms with E-state index in [1.54, 1.807) is 17.3 Å². The van der Waals surface area contributed by atoms with E-state index in [4.69, 9.17) is 4.74 Å². The van der Waals surface area contributed by atoms with Crippen LogP contribution in [0.4, 0.5) is 10.5 Å². The van der Waals surface area contributed by atoms with Crippen molar-refractivity contribution in [2.45, 2.75) is 50.1 Å². The Labute approximate surface area is 190 Å². The lowest BCUT2D eigenvalue weighted by Gasteiger charge is -2.50. The van der Waals surface area contributed by atoms with Gasteiger partial charge in [0.25, 0.3) is 0 Å². The average Bonchev–Trinajstić information content (AvgIpc) is 3.43. The van der Waals surface area contributed by atoms with Crippen molar-refractivity contribution in [3.63, 3.8) is 0 Å². The van der Waals surface area contributed by atoms with Crippen molar-refractivity contribution in [3.8, 4) is 0 Å². The van der Waals surface area contributed by atoms with Crippen LogP contribution in [0.1, 0.15) is 43.5 Å². The van der Waals surface area contributed by atoms with Crippen LogP contribution in [-0.4, -0.2) is 59.8 Å². The van der Waals surface area contributed by atoms with Crippen LogP contribution in [0.3, 0.4) is 0 Å². The molecule has 1 atom stereocenters. The maximum absolute atomic E-state index is 12.9. The molecule has 32 heavy (non-hydrogen) atoms. The number of rotatable bonds is 5. The highest BCUT2D eigenvalue weighted by Gasteiger charge is 2.51. The number of carbonyl (C=O) groups excluding carboxylic acids is 1. The summed E-state index contributed by atoms with van der Waals surface area (Å²) >= 11 is 0. The van der Waals surface area contributed by atoms with E-state index in [2.05, 4.69) is 57.6 Å². The molecule has 2 saturated heterocycles. The minimum absolute atomic E-state index is 0.0137. The van der Waals surface area contributed by atoms with Gasteiger partial charge in [-0.2, -0.15) is 0 Å². The molecule has 1 aromatic carbocycles. The molecule has 2 aliphatic heterocycles. The van der Waals surface area contributed by atoms with Crippen molar-refractivity contribution in [2.24, 2.45) is 5.92 Å². The van der Waals surface area contributed by atoms with Crippen molar-refractivity contribution in [1.29, 1.82) is 0 Å². The number of urea groups is 1. The minimum atomic E-state index is -0.197. The first-order valence-corrected chi connectivity index (χ1v) is 11.7. The number of aryl methyl sites for hydroxylation is 1. The van der Waals surface area contributed by atoms with Gasteiger partial charge in [-0.25, -0.2) is 14.8 Å². The summed E-state index contributed by atoms with van der Waals surface area (Å²) in [5, 5.41) is 3.33. The second-order valence-corrected chi connectivity index (χ2v) is 9.79. The number of ether oxygens (including phenoxy) is 1. The molecule has 1 N–H and O–H groups in total. The van der Waals surface area contributed by atoms with E-state index in [1.165, 1.54) is 5.56 Å². The fraction of sp³-hybridized carbons (Fsp3) is 0.560. The van der Waals surface area contributed by atoms with Crippen molar-refractivity contribution in [3.05, 3.63) is 54.1 Å². The Kier molecular flexibility index (Phi) is 5.63. The fourth-order valence-electron chi connectivity index (χ4n) is 5.80. The highest BCUT2D eigenvalue weighted by molar-refractivity contribution is 5.95. The fourth-order valence-corrected chi connectivity index (χ4v) is 5.80. The quantitative estimate of drug-likeness (QED) is 0.779. The Balaban J connectivity index is 1.35. The summed E-state index contributed by atoms with van der Waals surface area (Å²) in [6.45, 7) is 5.31. The van der Waals surface area contributed by atoms with Gasteiger partial charge in [-0.1, -0.05) is 30.3 Å². The van der Waals surface area contributed by atoms with Gasteiger partial charge in [-0.05, 0) is 57.6 Å². The largest absolute Gasteiger partial charge is 0.381 e. The summed E-state index contributed by atoms with van der Waals surface area (Å²) in [4.78, 5) is 25.8. The van der Waals surface area contributed by atoms with Gasteiger partial charge in [0.1, 0.15) is 5.82 Å². The van der Waals surface area contributed by atoms with Crippen molar-refractivity contribution in [2.75, 3.05) is 38.3 Å². The lowest BCUT2D eigenvalue weighted by Crippen LogP contribution is -2.55. The Morgan fingerprint density at radius 3 is 2.53 bits per heavy atom. The molecule has 5 rings (SSSR count). The average molecular weight is 436 g/mol. The van der Waals surface area contributed by atoms with Crippen molar-refractivity contribution in [1.82, 2.24) is 20.2 Å². The monoisotopic (exact) mass is 435 g/mol. The molecule has 0 radical (unpaired) electrons. The van der Waals surface area contributed by atoms with Crippen LogP contribution < -0.4 is 10.2 Å². The second kappa shape index (κ2) is 8.45. The number of benzene rings is 1. The number of hydrogen-bond acceptors (Lipinski definition) is 5. The zero-order chi connectivity index (χ0) is 22.2. The van der Waals surface area contributed by atoms with E-state index in [9.17, 15) is 4.79 Å². The van der Waals surface area contributed by atoms with E-state index < -0.39 is 0 Å².